The van der Waals surface area contributed by atoms with E-state index in [2.05, 4.69) is 4.98 Å². The Morgan fingerprint density at radius 3 is 1.65 bits per heavy atom. The fraction of sp³-hybridized carbons (Fsp3) is 0.0435. The molecule has 0 aliphatic heterocycles. The lowest BCUT2D eigenvalue weighted by molar-refractivity contribution is -0.142. The van der Waals surface area contributed by atoms with Crippen LogP contribution in [0.1, 0.15) is 11.1 Å². The Bertz CT molecular complexity index is 2870. The second kappa shape index (κ2) is 13.9. The summed E-state index contributed by atoms with van der Waals surface area (Å²) in [5, 5.41) is 1.54. The minimum absolute atomic E-state index is 0.0976. The van der Waals surface area contributed by atoms with Crippen molar-refractivity contribution in [3.05, 3.63) is 175 Å². The summed E-state index contributed by atoms with van der Waals surface area (Å²) >= 11 is 0. The molecule has 9 rings (SSSR count). The SMILES string of the molecule is FC(F)(F)c1ccc(-c2ccc3c4ccccc4n(-c4ccc(-c5ccncc5)cc4-c4nc(-c5ccccc5)nc(-c5ccccc5)n4)c3c2)c(C(F)(F)F)c1. The first-order valence-corrected chi connectivity index (χ1v) is 17.8. The molecule has 0 fully saturated rings. The number of halogens is 6. The van der Waals surface area contributed by atoms with Gasteiger partial charge >= 0.3 is 12.4 Å². The van der Waals surface area contributed by atoms with Crippen molar-refractivity contribution in [1.29, 1.82) is 0 Å². The van der Waals surface area contributed by atoms with E-state index in [9.17, 15) is 26.3 Å². The van der Waals surface area contributed by atoms with Crippen LogP contribution in [0.4, 0.5) is 26.3 Å². The van der Waals surface area contributed by atoms with Crippen LogP contribution >= 0.6 is 0 Å². The molecule has 0 atom stereocenters. The first-order valence-electron chi connectivity index (χ1n) is 17.8. The van der Waals surface area contributed by atoms with Crippen LogP contribution < -0.4 is 0 Å². The van der Waals surface area contributed by atoms with E-state index in [1.54, 1.807) is 24.5 Å². The molecule has 0 saturated carbocycles. The first kappa shape index (κ1) is 35.6. The third-order valence-electron chi connectivity index (χ3n) is 9.83. The highest BCUT2D eigenvalue weighted by Gasteiger charge is 2.38. The Morgan fingerprint density at radius 2 is 1.00 bits per heavy atom. The van der Waals surface area contributed by atoms with Gasteiger partial charge in [-0.3, -0.25) is 4.98 Å². The largest absolute Gasteiger partial charge is 0.417 e. The molecule has 11 heteroatoms. The first-order chi connectivity index (χ1) is 27.5. The van der Waals surface area contributed by atoms with Gasteiger partial charge in [-0.15, -0.1) is 0 Å². The van der Waals surface area contributed by atoms with Gasteiger partial charge in [-0.1, -0.05) is 103 Å². The van der Waals surface area contributed by atoms with Gasteiger partial charge in [0.1, 0.15) is 0 Å². The summed E-state index contributed by atoms with van der Waals surface area (Å²) in [5.41, 5.74) is 2.69. The van der Waals surface area contributed by atoms with Gasteiger partial charge in [-0.05, 0) is 70.8 Å². The van der Waals surface area contributed by atoms with Crippen LogP contribution in [0.5, 0.6) is 0 Å². The summed E-state index contributed by atoms with van der Waals surface area (Å²) in [6, 6.07) is 42.7. The Labute approximate surface area is 321 Å². The molecule has 278 valence electrons. The number of aromatic nitrogens is 5. The van der Waals surface area contributed by atoms with Crippen molar-refractivity contribution in [2.45, 2.75) is 12.4 Å². The van der Waals surface area contributed by atoms with Gasteiger partial charge in [-0.25, -0.2) is 15.0 Å². The summed E-state index contributed by atoms with van der Waals surface area (Å²) in [6.07, 6.45) is -6.63. The number of hydrogen-bond donors (Lipinski definition) is 0. The number of rotatable bonds is 6. The lowest BCUT2D eigenvalue weighted by Crippen LogP contribution is -2.12. The van der Waals surface area contributed by atoms with Crippen molar-refractivity contribution in [2.24, 2.45) is 0 Å². The van der Waals surface area contributed by atoms with Crippen LogP contribution in [-0.4, -0.2) is 24.5 Å². The Hall–Kier alpha value is -7.14. The zero-order valence-corrected chi connectivity index (χ0v) is 29.6. The predicted molar refractivity (Wildman–Crippen MR) is 209 cm³/mol. The molecule has 6 aromatic carbocycles. The Morgan fingerprint density at radius 1 is 0.404 bits per heavy atom. The van der Waals surface area contributed by atoms with Crippen molar-refractivity contribution in [3.8, 4) is 62.1 Å². The molecule has 0 aliphatic carbocycles. The molecule has 0 amide bonds. The second-order valence-electron chi connectivity index (χ2n) is 13.3. The molecule has 0 bridgehead atoms. The highest BCUT2D eigenvalue weighted by molar-refractivity contribution is 6.10. The van der Waals surface area contributed by atoms with E-state index in [1.807, 2.05) is 120 Å². The summed E-state index contributed by atoms with van der Waals surface area (Å²) in [4.78, 5) is 19.1. The topological polar surface area (TPSA) is 56.5 Å². The Balaban J connectivity index is 1.34. The zero-order chi connectivity index (χ0) is 39.3. The number of para-hydroxylation sites is 1. The average molecular weight is 764 g/mol. The van der Waals surface area contributed by atoms with Crippen LogP contribution in [0.25, 0.3) is 83.9 Å². The fourth-order valence-corrected chi connectivity index (χ4v) is 7.17. The molecule has 3 aromatic heterocycles. The van der Waals surface area contributed by atoms with E-state index >= 15 is 0 Å². The van der Waals surface area contributed by atoms with Crippen molar-refractivity contribution in [1.82, 2.24) is 24.5 Å². The van der Waals surface area contributed by atoms with Crippen LogP contribution in [0, 0.1) is 0 Å². The highest BCUT2D eigenvalue weighted by atomic mass is 19.4. The molecule has 0 spiro atoms. The molecule has 9 aromatic rings. The fourth-order valence-electron chi connectivity index (χ4n) is 7.17. The molecule has 0 saturated heterocycles. The lowest BCUT2D eigenvalue weighted by atomic mass is 9.96. The van der Waals surface area contributed by atoms with Crippen LogP contribution in [-0.2, 0) is 12.4 Å². The van der Waals surface area contributed by atoms with E-state index in [4.69, 9.17) is 15.0 Å². The number of hydrogen-bond acceptors (Lipinski definition) is 4. The molecule has 0 aliphatic rings. The quantitative estimate of drug-likeness (QED) is 0.158. The van der Waals surface area contributed by atoms with Crippen molar-refractivity contribution >= 4 is 21.8 Å². The normalized spacial score (nSPS) is 12.0. The summed E-state index contributed by atoms with van der Waals surface area (Å²) in [7, 11) is 0. The molecule has 57 heavy (non-hydrogen) atoms. The van der Waals surface area contributed by atoms with Crippen LogP contribution in [0.15, 0.2) is 164 Å². The third kappa shape index (κ3) is 6.67. The minimum Gasteiger partial charge on any atom is -0.308 e. The van der Waals surface area contributed by atoms with Crippen molar-refractivity contribution in [2.75, 3.05) is 0 Å². The van der Waals surface area contributed by atoms with Gasteiger partial charge < -0.3 is 4.57 Å². The zero-order valence-electron chi connectivity index (χ0n) is 29.6. The molecule has 5 nitrogen and oxygen atoms in total. The molecule has 0 N–H and O–H groups in total. The van der Waals surface area contributed by atoms with Gasteiger partial charge in [0, 0.05) is 39.9 Å². The van der Waals surface area contributed by atoms with E-state index in [0.717, 1.165) is 44.6 Å². The lowest BCUT2D eigenvalue weighted by Gasteiger charge is -2.18. The maximum absolute atomic E-state index is 14.5. The molecular formula is C46H27F6N5. The van der Waals surface area contributed by atoms with Gasteiger partial charge in [0.2, 0.25) is 0 Å². The van der Waals surface area contributed by atoms with Gasteiger partial charge in [0.15, 0.2) is 17.5 Å². The minimum atomic E-state index is -5.06. The summed E-state index contributed by atoms with van der Waals surface area (Å²) in [6.45, 7) is 0. The molecular weight excluding hydrogens is 737 g/mol. The highest BCUT2D eigenvalue weighted by Crippen LogP contribution is 2.44. The monoisotopic (exact) mass is 763 g/mol. The number of fused-ring (bicyclic) bond motifs is 3. The Kier molecular flexibility index (Phi) is 8.65. The molecule has 0 radical (unpaired) electrons. The number of benzene rings is 6. The molecule has 0 unspecified atom stereocenters. The van der Waals surface area contributed by atoms with Crippen LogP contribution in [0.2, 0.25) is 0 Å². The van der Waals surface area contributed by atoms with Crippen molar-refractivity contribution < 1.29 is 26.3 Å². The predicted octanol–water partition coefficient (Wildman–Crippen LogP) is 12.7. The van der Waals surface area contributed by atoms with Crippen LogP contribution in [0.3, 0.4) is 0 Å². The smallest absolute Gasteiger partial charge is 0.308 e. The second-order valence-corrected chi connectivity index (χ2v) is 13.3. The average Bonchev–Trinajstić information content (AvgIpc) is 3.57. The maximum atomic E-state index is 14.5. The third-order valence-corrected chi connectivity index (χ3v) is 9.83. The van der Waals surface area contributed by atoms with E-state index < -0.39 is 23.5 Å². The van der Waals surface area contributed by atoms with E-state index in [0.29, 0.717) is 40.3 Å². The van der Waals surface area contributed by atoms with Gasteiger partial charge in [-0.2, -0.15) is 26.3 Å². The number of alkyl halides is 6. The number of nitrogens with zero attached hydrogens (tertiary/aromatic N) is 5. The number of pyridine rings is 1. The molecule has 3 heterocycles. The van der Waals surface area contributed by atoms with E-state index in [1.165, 1.54) is 6.07 Å². The standard InChI is InChI=1S/C46H27F6N5/c47-45(48,49)33-17-19-34(38(27-33)46(50,51)52)32-15-18-36-35-13-7-8-14-39(35)57(41(36)26-32)40-20-16-31(28-21-23-53-24-22-28)25-37(40)44-55-42(29-9-3-1-4-10-29)54-43(56-44)30-11-5-2-6-12-30/h1-27H. The summed E-state index contributed by atoms with van der Waals surface area (Å²) < 4.78 is 86.2. The van der Waals surface area contributed by atoms with Crippen molar-refractivity contribution in [3.63, 3.8) is 0 Å². The van der Waals surface area contributed by atoms with Gasteiger partial charge in [0.05, 0.1) is 27.8 Å². The maximum Gasteiger partial charge on any atom is 0.417 e. The summed E-state index contributed by atoms with van der Waals surface area (Å²) in [5.74, 6) is 1.22. The van der Waals surface area contributed by atoms with E-state index in [-0.39, 0.29) is 17.2 Å². The van der Waals surface area contributed by atoms with Gasteiger partial charge in [0.25, 0.3) is 0 Å².